The topological polar surface area (TPSA) is 64.9 Å². The molecule has 0 amide bonds. The van der Waals surface area contributed by atoms with Gasteiger partial charge in [0.2, 0.25) is 5.71 Å². The molecule has 1 aliphatic carbocycles. The Morgan fingerprint density at radius 1 is 1.38 bits per heavy atom. The van der Waals surface area contributed by atoms with E-state index in [0.29, 0.717) is 17.4 Å². The van der Waals surface area contributed by atoms with E-state index in [1.807, 2.05) is 6.07 Å². The first kappa shape index (κ1) is 6.88. The fourth-order valence-electron chi connectivity index (χ4n) is 1.46. The highest BCUT2D eigenvalue weighted by molar-refractivity contribution is 5.84. The first-order chi connectivity index (χ1) is 6.34. The SMILES string of the molecule is Nc1ncnc2oc(C3CC3)cc12. The molecule has 13 heavy (non-hydrogen) atoms. The van der Waals surface area contributed by atoms with Gasteiger partial charge in [0.15, 0.2) is 0 Å². The van der Waals surface area contributed by atoms with Gasteiger partial charge in [-0.2, -0.15) is 0 Å². The lowest BCUT2D eigenvalue weighted by molar-refractivity contribution is 0.542. The van der Waals surface area contributed by atoms with Gasteiger partial charge >= 0.3 is 0 Å². The molecule has 0 saturated heterocycles. The summed E-state index contributed by atoms with van der Waals surface area (Å²) in [6.45, 7) is 0. The number of hydrogen-bond donors (Lipinski definition) is 1. The summed E-state index contributed by atoms with van der Waals surface area (Å²) >= 11 is 0. The van der Waals surface area contributed by atoms with E-state index >= 15 is 0 Å². The summed E-state index contributed by atoms with van der Waals surface area (Å²) in [6.07, 6.45) is 3.86. The van der Waals surface area contributed by atoms with E-state index < -0.39 is 0 Å². The van der Waals surface area contributed by atoms with E-state index in [9.17, 15) is 0 Å². The maximum atomic E-state index is 5.68. The van der Waals surface area contributed by atoms with Gasteiger partial charge in [0.1, 0.15) is 17.9 Å². The summed E-state index contributed by atoms with van der Waals surface area (Å²) in [5, 5.41) is 0.837. The Bertz CT molecular complexity index is 459. The molecule has 3 rings (SSSR count). The minimum atomic E-state index is 0.501. The molecule has 2 heterocycles. The van der Waals surface area contributed by atoms with Crippen LogP contribution in [-0.4, -0.2) is 9.97 Å². The Kier molecular flexibility index (Phi) is 1.17. The molecule has 2 aromatic heterocycles. The minimum Gasteiger partial charge on any atom is -0.442 e. The molecule has 1 saturated carbocycles. The van der Waals surface area contributed by atoms with Gasteiger partial charge in [-0.3, -0.25) is 0 Å². The summed E-state index contributed by atoms with van der Waals surface area (Å²) in [5.41, 5.74) is 6.28. The van der Waals surface area contributed by atoms with Crippen LogP contribution in [0.15, 0.2) is 16.8 Å². The highest BCUT2D eigenvalue weighted by atomic mass is 16.3. The fourth-order valence-corrected chi connectivity index (χ4v) is 1.46. The van der Waals surface area contributed by atoms with E-state index in [2.05, 4.69) is 9.97 Å². The summed E-state index contributed by atoms with van der Waals surface area (Å²) in [6, 6.07) is 1.96. The second-order valence-electron chi connectivity index (χ2n) is 3.40. The van der Waals surface area contributed by atoms with Crippen molar-refractivity contribution in [2.75, 3.05) is 5.73 Å². The summed E-state index contributed by atoms with van der Waals surface area (Å²) < 4.78 is 5.54. The van der Waals surface area contributed by atoms with Crippen molar-refractivity contribution < 1.29 is 4.42 Å². The maximum Gasteiger partial charge on any atom is 0.231 e. The Morgan fingerprint density at radius 3 is 2.92 bits per heavy atom. The van der Waals surface area contributed by atoms with Crippen LogP contribution in [0.1, 0.15) is 24.5 Å². The quantitative estimate of drug-likeness (QED) is 0.716. The van der Waals surface area contributed by atoms with Gasteiger partial charge in [-0.25, -0.2) is 9.97 Å². The Labute approximate surface area is 74.8 Å². The van der Waals surface area contributed by atoms with Gasteiger partial charge in [0.05, 0.1) is 5.39 Å². The van der Waals surface area contributed by atoms with E-state index in [-0.39, 0.29) is 0 Å². The zero-order chi connectivity index (χ0) is 8.84. The number of nitrogens with zero attached hydrogens (tertiary/aromatic N) is 2. The molecular formula is C9H9N3O. The molecule has 0 aliphatic heterocycles. The van der Waals surface area contributed by atoms with Gasteiger partial charge in [0.25, 0.3) is 0 Å². The third kappa shape index (κ3) is 0.983. The molecule has 0 atom stereocenters. The Morgan fingerprint density at radius 2 is 2.23 bits per heavy atom. The second-order valence-corrected chi connectivity index (χ2v) is 3.40. The molecule has 0 unspecified atom stereocenters. The van der Waals surface area contributed by atoms with Gasteiger partial charge in [-0.15, -0.1) is 0 Å². The van der Waals surface area contributed by atoms with Crippen molar-refractivity contribution >= 4 is 16.9 Å². The number of fused-ring (bicyclic) bond motifs is 1. The lowest BCUT2D eigenvalue weighted by atomic mass is 10.3. The number of hydrogen-bond acceptors (Lipinski definition) is 4. The van der Waals surface area contributed by atoms with Crippen LogP contribution in [0.3, 0.4) is 0 Å². The van der Waals surface area contributed by atoms with Crippen LogP contribution in [0.25, 0.3) is 11.1 Å². The molecular weight excluding hydrogens is 166 g/mol. The van der Waals surface area contributed by atoms with Crippen LogP contribution in [-0.2, 0) is 0 Å². The fraction of sp³-hybridized carbons (Fsp3) is 0.333. The van der Waals surface area contributed by atoms with Crippen LogP contribution in [0, 0.1) is 0 Å². The number of nitrogen functional groups attached to an aromatic ring is 1. The minimum absolute atomic E-state index is 0.501. The molecule has 66 valence electrons. The third-order valence-corrected chi connectivity index (χ3v) is 2.36. The van der Waals surface area contributed by atoms with E-state index in [1.165, 1.54) is 19.2 Å². The molecule has 0 bridgehead atoms. The number of nitrogens with two attached hydrogens (primary N) is 1. The normalized spacial score (nSPS) is 16.6. The number of aromatic nitrogens is 2. The second kappa shape index (κ2) is 2.22. The monoisotopic (exact) mass is 175 g/mol. The standard InChI is InChI=1S/C9H9N3O/c10-8-6-3-7(5-1-2-5)13-9(6)12-4-11-8/h3-5H,1-2H2,(H2,10,11,12). The molecule has 0 radical (unpaired) electrons. The van der Waals surface area contributed by atoms with Gasteiger partial charge in [-0.05, 0) is 18.9 Å². The molecule has 2 aromatic rings. The van der Waals surface area contributed by atoms with E-state index in [4.69, 9.17) is 10.2 Å². The maximum absolute atomic E-state index is 5.68. The van der Waals surface area contributed by atoms with Crippen molar-refractivity contribution in [2.45, 2.75) is 18.8 Å². The summed E-state index contributed by atoms with van der Waals surface area (Å²) in [4.78, 5) is 7.92. The van der Waals surface area contributed by atoms with Gasteiger partial charge in [-0.1, -0.05) is 0 Å². The van der Waals surface area contributed by atoms with Crippen molar-refractivity contribution in [3.8, 4) is 0 Å². The molecule has 2 N–H and O–H groups in total. The van der Waals surface area contributed by atoms with Crippen molar-refractivity contribution in [3.05, 3.63) is 18.2 Å². The van der Waals surface area contributed by atoms with Crippen molar-refractivity contribution in [2.24, 2.45) is 0 Å². The summed E-state index contributed by atoms with van der Waals surface area (Å²) in [7, 11) is 0. The lowest BCUT2D eigenvalue weighted by Crippen LogP contribution is -1.89. The van der Waals surface area contributed by atoms with Gasteiger partial charge < -0.3 is 10.2 Å². The number of furan rings is 1. The van der Waals surface area contributed by atoms with Crippen LogP contribution < -0.4 is 5.73 Å². The predicted octanol–water partition coefficient (Wildman–Crippen LogP) is 1.68. The molecule has 0 aromatic carbocycles. The first-order valence-corrected chi connectivity index (χ1v) is 4.34. The smallest absolute Gasteiger partial charge is 0.231 e. The van der Waals surface area contributed by atoms with E-state index in [1.54, 1.807) is 0 Å². The van der Waals surface area contributed by atoms with Crippen LogP contribution in [0.2, 0.25) is 0 Å². The molecule has 0 spiro atoms. The van der Waals surface area contributed by atoms with Gasteiger partial charge in [0, 0.05) is 5.92 Å². The molecule has 1 fully saturated rings. The van der Waals surface area contributed by atoms with Crippen molar-refractivity contribution in [3.63, 3.8) is 0 Å². The highest BCUT2D eigenvalue weighted by Gasteiger charge is 2.27. The van der Waals surface area contributed by atoms with Crippen LogP contribution >= 0.6 is 0 Å². The number of anilines is 1. The van der Waals surface area contributed by atoms with E-state index in [0.717, 1.165) is 11.1 Å². The van der Waals surface area contributed by atoms with Crippen molar-refractivity contribution in [1.82, 2.24) is 9.97 Å². The average molecular weight is 175 g/mol. The molecule has 4 heteroatoms. The summed E-state index contributed by atoms with van der Waals surface area (Å²) in [5.74, 6) is 2.09. The lowest BCUT2D eigenvalue weighted by Gasteiger charge is -1.89. The first-order valence-electron chi connectivity index (χ1n) is 4.34. The zero-order valence-corrected chi connectivity index (χ0v) is 7.03. The van der Waals surface area contributed by atoms with Crippen LogP contribution in [0.5, 0.6) is 0 Å². The molecule has 4 nitrogen and oxygen atoms in total. The van der Waals surface area contributed by atoms with Crippen LogP contribution in [0.4, 0.5) is 5.82 Å². The number of rotatable bonds is 1. The zero-order valence-electron chi connectivity index (χ0n) is 7.03. The third-order valence-electron chi connectivity index (χ3n) is 2.36. The Balaban J connectivity index is 2.26. The predicted molar refractivity (Wildman–Crippen MR) is 48.2 cm³/mol. The molecule has 1 aliphatic rings. The highest BCUT2D eigenvalue weighted by Crippen LogP contribution is 2.42. The Hall–Kier alpha value is -1.58. The average Bonchev–Trinajstić information content (AvgIpc) is 2.87. The largest absolute Gasteiger partial charge is 0.442 e. The van der Waals surface area contributed by atoms with Crippen molar-refractivity contribution in [1.29, 1.82) is 0 Å².